The molecule has 1 aliphatic heterocycles. The van der Waals surface area contributed by atoms with Crippen molar-refractivity contribution >= 4 is 21.5 Å². The Bertz CT molecular complexity index is 633. The zero-order valence-corrected chi connectivity index (χ0v) is 13.8. The second kappa shape index (κ2) is 7.97. The lowest BCUT2D eigenvalue weighted by atomic mass is 10.4. The smallest absolute Gasteiger partial charge is 0.370 e. The van der Waals surface area contributed by atoms with E-state index in [1.807, 2.05) is 6.07 Å². The van der Waals surface area contributed by atoms with Gasteiger partial charge in [0.1, 0.15) is 0 Å². The summed E-state index contributed by atoms with van der Waals surface area (Å²) in [5.74, 6) is -0.477. The minimum atomic E-state index is -4.49. The fraction of sp³-hybridized carbons (Fsp3) is 0.692. The third-order valence-electron chi connectivity index (χ3n) is 3.52. The minimum Gasteiger partial charge on any atom is -0.370 e. The summed E-state index contributed by atoms with van der Waals surface area (Å²) < 4.78 is 61.1. The maximum atomic E-state index is 12.0. The van der Waals surface area contributed by atoms with Gasteiger partial charge >= 0.3 is 6.18 Å². The summed E-state index contributed by atoms with van der Waals surface area (Å²) in [6.07, 6.45) is -1.93. The van der Waals surface area contributed by atoms with Crippen LogP contribution in [0.25, 0.3) is 0 Å². The van der Waals surface area contributed by atoms with E-state index in [2.05, 4.69) is 25.1 Å². The van der Waals surface area contributed by atoms with Crippen molar-refractivity contribution in [1.82, 2.24) is 14.9 Å². The van der Waals surface area contributed by atoms with Crippen LogP contribution in [-0.2, 0) is 10.0 Å². The summed E-state index contributed by atoms with van der Waals surface area (Å²) in [7, 11) is -3.94. The molecule has 0 unspecified atom stereocenters. The van der Waals surface area contributed by atoms with Gasteiger partial charge in [-0.25, -0.2) is 13.1 Å². The molecule has 2 rings (SSSR count). The molecular weight excluding hydrogens is 347 g/mol. The lowest BCUT2D eigenvalue weighted by Gasteiger charge is -2.17. The Hall–Kier alpha value is -1.62. The number of hydrogen-bond donors (Lipinski definition) is 2. The summed E-state index contributed by atoms with van der Waals surface area (Å²) in [5.41, 5.74) is 0.941. The van der Waals surface area contributed by atoms with E-state index in [9.17, 15) is 21.6 Å². The van der Waals surface area contributed by atoms with Crippen molar-refractivity contribution in [1.29, 1.82) is 0 Å². The molecule has 1 aliphatic rings. The van der Waals surface area contributed by atoms with Crippen LogP contribution in [0.3, 0.4) is 0 Å². The van der Waals surface area contributed by atoms with Crippen LogP contribution in [-0.4, -0.2) is 56.7 Å². The predicted molar refractivity (Wildman–Crippen MR) is 84.4 cm³/mol. The molecule has 1 aromatic heterocycles. The molecule has 11 heteroatoms. The van der Waals surface area contributed by atoms with Crippen molar-refractivity contribution in [2.45, 2.75) is 25.4 Å². The van der Waals surface area contributed by atoms with Crippen molar-refractivity contribution in [3.05, 3.63) is 12.3 Å². The van der Waals surface area contributed by atoms with Crippen LogP contribution >= 0.6 is 0 Å². The van der Waals surface area contributed by atoms with Gasteiger partial charge in [0.05, 0.1) is 24.1 Å². The highest BCUT2D eigenvalue weighted by atomic mass is 32.2. The SMILES string of the molecule is O=S(=O)(CCC(F)(F)F)NCCNc1cc(N2CCCC2)cnn1. The van der Waals surface area contributed by atoms with E-state index in [0.29, 0.717) is 5.82 Å². The Morgan fingerprint density at radius 3 is 2.58 bits per heavy atom. The molecule has 0 bridgehead atoms. The van der Waals surface area contributed by atoms with E-state index >= 15 is 0 Å². The molecule has 7 nitrogen and oxygen atoms in total. The largest absolute Gasteiger partial charge is 0.390 e. The van der Waals surface area contributed by atoms with Crippen LogP contribution in [0.4, 0.5) is 24.7 Å². The summed E-state index contributed by atoms with van der Waals surface area (Å²) >= 11 is 0. The molecule has 0 aliphatic carbocycles. The Morgan fingerprint density at radius 2 is 1.92 bits per heavy atom. The third kappa shape index (κ3) is 6.48. The van der Waals surface area contributed by atoms with E-state index in [4.69, 9.17) is 0 Å². The van der Waals surface area contributed by atoms with E-state index in [0.717, 1.165) is 31.6 Å². The van der Waals surface area contributed by atoms with Gasteiger partial charge in [-0.2, -0.15) is 18.3 Å². The van der Waals surface area contributed by atoms with Gasteiger partial charge in [-0.3, -0.25) is 0 Å². The van der Waals surface area contributed by atoms with Gasteiger partial charge < -0.3 is 10.2 Å². The monoisotopic (exact) mass is 367 g/mol. The number of rotatable bonds is 8. The maximum absolute atomic E-state index is 12.0. The normalized spacial score (nSPS) is 15.7. The van der Waals surface area contributed by atoms with E-state index in [1.54, 1.807) is 6.20 Å². The average molecular weight is 367 g/mol. The number of halogens is 3. The second-order valence-electron chi connectivity index (χ2n) is 5.50. The molecule has 1 saturated heterocycles. The first-order chi connectivity index (χ1) is 11.3. The number of aromatic nitrogens is 2. The van der Waals surface area contributed by atoms with E-state index < -0.39 is 28.4 Å². The number of nitrogens with one attached hydrogen (secondary N) is 2. The molecule has 0 spiro atoms. The van der Waals surface area contributed by atoms with E-state index in [-0.39, 0.29) is 13.1 Å². The Kier molecular flexibility index (Phi) is 6.21. The van der Waals surface area contributed by atoms with Gasteiger partial charge in [-0.1, -0.05) is 0 Å². The first-order valence-electron chi connectivity index (χ1n) is 7.61. The molecule has 0 atom stereocenters. The minimum absolute atomic E-state index is 0.0319. The number of alkyl halides is 3. The van der Waals surface area contributed by atoms with Crippen molar-refractivity contribution in [2.75, 3.05) is 42.1 Å². The highest BCUT2D eigenvalue weighted by Gasteiger charge is 2.29. The Labute approximate surface area is 138 Å². The third-order valence-corrected chi connectivity index (χ3v) is 4.90. The molecule has 136 valence electrons. The summed E-state index contributed by atoms with van der Waals surface area (Å²) in [6.45, 7) is 2.09. The fourth-order valence-corrected chi connectivity index (χ4v) is 3.37. The molecule has 2 N–H and O–H groups in total. The van der Waals surface area contributed by atoms with Gasteiger partial charge in [0.25, 0.3) is 0 Å². The summed E-state index contributed by atoms with van der Waals surface area (Å²) in [6, 6.07) is 1.82. The molecule has 1 aromatic rings. The van der Waals surface area contributed by atoms with Crippen molar-refractivity contribution in [3.8, 4) is 0 Å². The average Bonchev–Trinajstić information content (AvgIpc) is 3.04. The van der Waals surface area contributed by atoms with Crippen LogP contribution in [0.15, 0.2) is 12.3 Å². The Morgan fingerprint density at radius 1 is 1.21 bits per heavy atom. The standard InChI is InChI=1S/C13H20F3N5O2S/c14-13(15,16)3-8-24(22,23)19-5-4-17-12-9-11(10-18-20-12)21-6-1-2-7-21/h9-10,19H,1-8H2,(H,17,20). The molecule has 24 heavy (non-hydrogen) atoms. The van der Waals surface area contributed by atoms with Crippen LogP contribution in [0, 0.1) is 0 Å². The second-order valence-corrected chi connectivity index (χ2v) is 7.42. The van der Waals surface area contributed by atoms with Crippen molar-refractivity contribution < 1.29 is 21.6 Å². The lowest BCUT2D eigenvalue weighted by Crippen LogP contribution is -2.32. The number of nitrogens with zero attached hydrogens (tertiary/aromatic N) is 3. The van der Waals surface area contributed by atoms with Gasteiger partial charge in [-0.05, 0) is 12.8 Å². The molecule has 0 saturated carbocycles. The van der Waals surface area contributed by atoms with E-state index in [1.165, 1.54) is 0 Å². The molecule has 2 heterocycles. The zero-order chi connectivity index (χ0) is 17.6. The van der Waals surface area contributed by atoms with Crippen molar-refractivity contribution in [3.63, 3.8) is 0 Å². The van der Waals surface area contributed by atoms with Crippen LogP contribution < -0.4 is 14.9 Å². The molecule has 0 radical (unpaired) electrons. The Balaban J connectivity index is 1.75. The van der Waals surface area contributed by atoms with Crippen LogP contribution in [0.5, 0.6) is 0 Å². The quantitative estimate of drug-likeness (QED) is 0.675. The molecular formula is C13H20F3N5O2S. The predicted octanol–water partition coefficient (Wildman–Crippen LogP) is 1.36. The highest BCUT2D eigenvalue weighted by molar-refractivity contribution is 7.89. The fourth-order valence-electron chi connectivity index (χ4n) is 2.31. The van der Waals surface area contributed by atoms with Gasteiger partial charge in [0, 0.05) is 32.2 Å². The summed E-state index contributed by atoms with van der Waals surface area (Å²) in [4.78, 5) is 2.18. The summed E-state index contributed by atoms with van der Waals surface area (Å²) in [5, 5.41) is 10.7. The van der Waals surface area contributed by atoms with Crippen LogP contribution in [0.1, 0.15) is 19.3 Å². The number of anilines is 2. The highest BCUT2D eigenvalue weighted by Crippen LogP contribution is 2.21. The molecule has 0 aromatic carbocycles. The first kappa shape index (κ1) is 18.7. The molecule has 0 amide bonds. The van der Waals surface area contributed by atoms with Crippen molar-refractivity contribution in [2.24, 2.45) is 0 Å². The zero-order valence-electron chi connectivity index (χ0n) is 13.0. The van der Waals surface area contributed by atoms with Crippen LogP contribution in [0.2, 0.25) is 0 Å². The number of sulfonamides is 1. The van der Waals surface area contributed by atoms with Gasteiger partial charge in [0.2, 0.25) is 10.0 Å². The first-order valence-corrected chi connectivity index (χ1v) is 9.26. The lowest BCUT2D eigenvalue weighted by molar-refractivity contribution is -0.129. The van der Waals surface area contributed by atoms with Gasteiger partial charge in [-0.15, -0.1) is 5.10 Å². The maximum Gasteiger partial charge on any atom is 0.390 e. The topological polar surface area (TPSA) is 87.2 Å². The number of hydrogen-bond acceptors (Lipinski definition) is 6. The van der Waals surface area contributed by atoms with Gasteiger partial charge in [0.15, 0.2) is 5.82 Å². The molecule has 1 fully saturated rings.